The number of unbranched alkanes of at least 4 members (excludes halogenated alkanes) is 1. The lowest BCUT2D eigenvalue weighted by molar-refractivity contribution is 0.0537. The first-order valence-corrected chi connectivity index (χ1v) is 6.43. The highest BCUT2D eigenvalue weighted by Crippen LogP contribution is 2.24. The van der Waals surface area contributed by atoms with Crippen LogP contribution in [0.25, 0.3) is 0 Å². The van der Waals surface area contributed by atoms with Crippen molar-refractivity contribution in [2.45, 2.75) is 19.8 Å². The summed E-state index contributed by atoms with van der Waals surface area (Å²) in [4.78, 5) is 41.7. The molecule has 6 heteroatoms. The van der Waals surface area contributed by atoms with Gasteiger partial charge < -0.3 is 0 Å². The third-order valence-corrected chi connectivity index (χ3v) is 3.16. The maximum absolute atomic E-state index is 12.2. The molecule has 20 heavy (non-hydrogen) atoms. The zero-order chi connectivity index (χ0) is 14.7. The van der Waals surface area contributed by atoms with E-state index in [1.54, 1.807) is 0 Å². The van der Waals surface area contributed by atoms with Crippen molar-refractivity contribution in [2.75, 3.05) is 13.7 Å². The van der Waals surface area contributed by atoms with E-state index in [2.05, 4.69) is 10.3 Å². The maximum atomic E-state index is 12.2. The summed E-state index contributed by atoms with van der Waals surface area (Å²) < 4.78 is 0. The molecule has 1 aliphatic rings. The van der Waals surface area contributed by atoms with Crippen LogP contribution in [-0.2, 0) is 4.84 Å². The van der Waals surface area contributed by atoms with Gasteiger partial charge in [-0.25, -0.2) is 5.48 Å². The van der Waals surface area contributed by atoms with Crippen LogP contribution in [0.4, 0.5) is 0 Å². The summed E-state index contributed by atoms with van der Waals surface area (Å²) in [5.41, 5.74) is 3.08. The van der Waals surface area contributed by atoms with Gasteiger partial charge in [-0.15, -0.1) is 0 Å². The van der Waals surface area contributed by atoms with Crippen LogP contribution in [-0.4, -0.2) is 36.3 Å². The van der Waals surface area contributed by atoms with E-state index in [0.717, 1.165) is 12.8 Å². The second-order valence-electron chi connectivity index (χ2n) is 4.51. The normalized spacial score (nSPS) is 13.6. The van der Waals surface area contributed by atoms with Crippen molar-refractivity contribution in [3.8, 4) is 0 Å². The average Bonchev–Trinajstić information content (AvgIpc) is 2.69. The van der Waals surface area contributed by atoms with Crippen LogP contribution in [0.5, 0.6) is 0 Å². The smallest absolute Gasteiger partial charge is 0.274 e. The number of imide groups is 1. The molecule has 0 fully saturated rings. The lowest BCUT2D eigenvalue weighted by Gasteiger charge is -2.12. The Morgan fingerprint density at radius 3 is 2.60 bits per heavy atom. The number of carbonyl (C=O) groups excluding carboxylic acids is 3. The summed E-state index contributed by atoms with van der Waals surface area (Å²) in [7, 11) is 1.33. The van der Waals surface area contributed by atoms with Crippen LogP contribution in [0.1, 0.15) is 50.8 Å². The van der Waals surface area contributed by atoms with Crippen molar-refractivity contribution in [2.24, 2.45) is 0 Å². The number of hydrogen-bond donors (Lipinski definition) is 1. The molecule has 0 spiro atoms. The summed E-state index contributed by atoms with van der Waals surface area (Å²) >= 11 is 0. The number of fused-ring (bicyclic) bond motifs is 1. The first-order chi connectivity index (χ1) is 9.60. The molecule has 0 aliphatic carbocycles. The van der Waals surface area contributed by atoms with Crippen LogP contribution in [0.2, 0.25) is 0 Å². The highest BCUT2D eigenvalue weighted by molar-refractivity contribution is 6.22. The zero-order valence-electron chi connectivity index (χ0n) is 11.4. The maximum Gasteiger partial charge on any atom is 0.274 e. The Kier molecular flexibility index (Phi) is 4.14. The summed E-state index contributed by atoms with van der Waals surface area (Å²) in [6, 6.07) is 4.43. The Bertz CT molecular complexity index is 568. The van der Waals surface area contributed by atoms with Gasteiger partial charge in [0.1, 0.15) is 0 Å². The lowest BCUT2D eigenvalue weighted by atomic mass is 10.1. The molecule has 1 aliphatic heterocycles. The second kappa shape index (κ2) is 5.83. The topological polar surface area (TPSA) is 75.7 Å². The van der Waals surface area contributed by atoms with Crippen LogP contribution in [0.15, 0.2) is 18.2 Å². The molecule has 0 radical (unpaired) electrons. The molecule has 1 heterocycles. The van der Waals surface area contributed by atoms with Gasteiger partial charge in [0.2, 0.25) is 0 Å². The van der Waals surface area contributed by atoms with Crippen molar-refractivity contribution in [3.05, 3.63) is 34.9 Å². The third kappa shape index (κ3) is 2.42. The van der Waals surface area contributed by atoms with Crippen LogP contribution < -0.4 is 5.48 Å². The number of hydrogen-bond acceptors (Lipinski definition) is 4. The van der Waals surface area contributed by atoms with Gasteiger partial charge in [-0.05, 0) is 24.6 Å². The number of carbonyl (C=O) groups is 3. The van der Waals surface area contributed by atoms with Crippen molar-refractivity contribution >= 4 is 17.7 Å². The largest absolute Gasteiger partial charge is 0.277 e. The van der Waals surface area contributed by atoms with Crippen molar-refractivity contribution in [3.63, 3.8) is 0 Å². The van der Waals surface area contributed by atoms with E-state index in [4.69, 9.17) is 0 Å². The van der Waals surface area contributed by atoms with Crippen molar-refractivity contribution in [1.29, 1.82) is 0 Å². The van der Waals surface area contributed by atoms with Gasteiger partial charge in [-0.3, -0.25) is 24.1 Å². The van der Waals surface area contributed by atoms with Gasteiger partial charge in [0, 0.05) is 12.1 Å². The van der Waals surface area contributed by atoms with Gasteiger partial charge in [-0.1, -0.05) is 13.3 Å². The van der Waals surface area contributed by atoms with E-state index >= 15 is 0 Å². The van der Waals surface area contributed by atoms with E-state index in [1.807, 2.05) is 6.92 Å². The highest BCUT2D eigenvalue weighted by Gasteiger charge is 2.35. The lowest BCUT2D eigenvalue weighted by Crippen LogP contribution is -2.30. The Balaban J connectivity index is 2.29. The first-order valence-electron chi connectivity index (χ1n) is 6.43. The SMILES string of the molecule is CCCCN1C(=O)c2ccc(C(=O)NOC)cc2C1=O. The summed E-state index contributed by atoms with van der Waals surface area (Å²) in [5, 5.41) is 0. The van der Waals surface area contributed by atoms with Gasteiger partial charge >= 0.3 is 0 Å². The average molecular weight is 276 g/mol. The third-order valence-electron chi connectivity index (χ3n) is 3.16. The number of hydroxylamine groups is 1. The van der Waals surface area contributed by atoms with Gasteiger partial charge in [0.05, 0.1) is 18.2 Å². The minimum Gasteiger partial charge on any atom is -0.277 e. The fourth-order valence-electron chi connectivity index (χ4n) is 2.10. The van der Waals surface area contributed by atoms with Crippen LogP contribution in [0.3, 0.4) is 0 Å². The molecule has 1 N–H and O–H groups in total. The molecule has 1 aromatic rings. The number of nitrogens with zero attached hydrogens (tertiary/aromatic N) is 1. The molecule has 0 bridgehead atoms. The molecule has 1 aromatic carbocycles. The highest BCUT2D eigenvalue weighted by atomic mass is 16.6. The molecule has 2 rings (SSSR count). The summed E-state index contributed by atoms with van der Waals surface area (Å²) in [5.74, 6) is -1.09. The Morgan fingerprint density at radius 1 is 1.25 bits per heavy atom. The number of nitrogens with one attached hydrogen (secondary N) is 1. The molecule has 3 amide bonds. The standard InChI is InChI=1S/C14H16N2O4/c1-3-4-7-16-13(18)10-6-5-9(12(17)15-20-2)8-11(10)14(16)19/h5-6,8H,3-4,7H2,1-2H3,(H,15,17). The van der Waals surface area contributed by atoms with E-state index in [0.29, 0.717) is 12.1 Å². The molecule has 106 valence electrons. The predicted octanol–water partition coefficient (Wildman–Crippen LogP) is 1.37. The number of rotatable bonds is 5. The fourth-order valence-corrected chi connectivity index (χ4v) is 2.10. The van der Waals surface area contributed by atoms with Gasteiger partial charge in [0.15, 0.2) is 0 Å². The van der Waals surface area contributed by atoms with E-state index < -0.39 is 5.91 Å². The molecular weight excluding hydrogens is 260 g/mol. The predicted molar refractivity (Wildman–Crippen MR) is 71.2 cm³/mol. The van der Waals surface area contributed by atoms with E-state index in [-0.39, 0.29) is 22.9 Å². The summed E-state index contributed by atoms with van der Waals surface area (Å²) in [6.07, 6.45) is 1.66. The summed E-state index contributed by atoms with van der Waals surface area (Å²) in [6.45, 7) is 2.40. The molecule has 6 nitrogen and oxygen atoms in total. The minimum atomic E-state index is -0.456. The van der Waals surface area contributed by atoms with Gasteiger partial charge in [-0.2, -0.15) is 0 Å². The van der Waals surface area contributed by atoms with Crippen LogP contribution >= 0.6 is 0 Å². The van der Waals surface area contributed by atoms with E-state index in [9.17, 15) is 14.4 Å². The molecule has 0 saturated carbocycles. The molecule has 0 saturated heterocycles. The van der Waals surface area contributed by atoms with Crippen molar-refractivity contribution in [1.82, 2.24) is 10.4 Å². The molecule has 0 aromatic heterocycles. The Labute approximate surface area is 116 Å². The minimum absolute atomic E-state index is 0.273. The Hall–Kier alpha value is -2.21. The number of amides is 3. The fraction of sp³-hybridized carbons (Fsp3) is 0.357. The first kappa shape index (κ1) is 14.2. The molecule has 0 atom stereocenters. The Morgan fingerprint density at radius 2 is 1.95 bits per heavy atom. The van der Waals surface area contributed by atoms with Crippen LogP contribution in [0, 0.1) is 0 Å². The van der Waals surface area contributed by atoms with Gasteiger partial charge in [0.25, 0.3) is 17.7 Å². The van der Waals surface area contributed by atoms with Crippen molar-refractivity contribution < 1.29 is 19.2 Å². The molecule has 0 unspecified atom stereocenters. The number of benzene rings is 1. The zero-order valence-corrected chi connectivity index (χ0v) is 11.4. The van der Waals surface area contributed by atoms with E-state index in [1.165, 1.54) is 30.2 Å². The monoisotopic (exact) mass is 276 g/mol. The second-order valence-corrected chi connectivity index (χ2v) is 4.51. The molecular formula is C14H16N2O4. The quantitative estimate of drug-likeness (QED) is 0.651.